The zero-order chi connectivity index (χ0) is 19.0. The first-order chi connectivity index (χ1) is 13.0. The van der Waals surface area contributed by atoms with Crippen molar-refractivity contribution in [2.75, 3.05) is 19.6 Å². The van der Waals surface area contributed by atoms with Crippen molar-refractivity contribution in [1.29, 1.82) is 0 Å². The van der Waals surface area contributed by atoms with Crippen LogP contribution in [0.5, 0.6) is 11.5 Å². The van der Waals surface area contributed by atoms with Crippen LogP contribution in [0.2, 0.25) is 0 Å². The average molecular weight is 375 g/mol. The number of benzene rings is 2. The van der Waals surface area contributed by atoms with E-state index < -0.39 is 17.7 Å². The summed E-state index contributed by atoms with van der Waals surface area (Å²) in [6, 6.07) is 10.3. The fraction of sp³-hybridized carbons (Fsp3) is 0.429. The number of hydrogen-bond acceptors (Lipinski definition) is 4. The quantitative estimate of drug-likeness (QED) is 0.840. The molecule has 1 saturated heterocycles. The second-order valence-electron chi connectivity index (χ2n) is 7.61. The zero-order valence-corrected chi connectivity index (χ0v) is 14.9. The molecule has 27 heavy (non-hydrogen) atoms. The third-order valence-electron chi connectivity index (χ3n) is 5.70. The molecule has 1 aliphatic heterocycles. The van der Waals surface area contributed by atoms with E-state index in [9.17, 15) is 19.0 Å². The van der Waals surface area contributed by atoms with Crippen molar-refractivity contribution < 1.29 is 23.7 Å². The molecule has 2 N–H and O–H groups in total. The lowest BCUT2D eigenvalue weighted by Gasteiger charge is -2.22. The van der Waals surface area contributed by atoms with Gasteiger partial charge in [0.2, 0.25) is 0 Å². The molecule has 2 aromatic rings. The average Bonchev–Trinajstić information content (AvgIpc) is 3.16. The maximum Gasteiger partial charge on any atom is 0.191 e. The van der Waals surface area contributed by atoms with Crippen LogP contribution in [-0.4, -0.2) is 40.9 Å². The largest absolute Gasteiger partial charge is 0.508 e. The van der Waals surface area contributed by atoms with Crippen LogP contribution in [0, 0.1) is 23.5 Å². The molecule has 144 valence electrons. The van der Waals surface area contributed by atoms with Crippen LogP contribution in [0.1, 0.15) is 24.5 Å². The van der Waals surface area contributed by atoms with E-state index in [4.69, 9.17) is 4.74 Å². The Labute approximate surface area is 157 Å². The Kier molecular flexibility index (Phi) is 5.02. The molecule has 4 rings (SSSR count). The number of phenolic OH excluding ortho intramolecular Hbond substituents is 1. The normalized spacial score (nSPS) is 26.1. The fourth-order valence-electron chi connectivity index (χ4n) is 4.40. The number of aliphatic hydroxyl groups is 1. The van der Waals surface area contributed by atoms with E-state index in [1.807, 2.05) is 0 Å². The highest BCUT2D eigenvalue weighted by atomic mass is 19.1. The van der Waals surface area contributed by atoms with Crippen molar-refractivity contribution in [1.82, 2.24) is 4.90 Å². The van der Waals surface area contributed by atoms with Crippen LogP contribution in [0.25, 0.3) is 0 Å². The van der Waals surface area contributed by atoms with E-state index in [0.717, 1.165) is 31.5 Å². The molecule has 4 nitrogen and oxygen atoms in total. The van der Waals surface area contributed by atoms with E-state index in [1.165, 1.54) is 18.2 Å². The lowest BCUT2D eigenvalue weighted by atomic mass is 10.0. The number of β-amino-alcohol motifs (C(OH)–C–C–N with tert-alkyl or cyclic N) is 1. The second kappa shape index (κ2) is 7.44. The molecule has 0 amide bonds. The molecule has 2 aliphatic rings. The number of likely N-dealkylation sites (tertiary alicyclic amines) is 1. The third kappa shape index (κ3) is 3.92. The Bertz CT molecular complexity index is 764. The number of rotatable bonds is 5. The van der Waals surface area contributed by atoms with Gasteiger partial charge < -0.3 is 14.9 Å². The van der Waals surface area contributed by atoms with Crippen molar-refractivity contribution in [3.05, 3.63) is 59.7 Å². The number of aliphatic hydroxyl groups excluding tert-OH is 1. The molecule has 0 aromatic heterocycles. The van der Waals surface area contributed by atoms with E-state index in [-0.39, 0.29) is 17.6 Å². The van der Waals surface area contributed by atoms with Crippen molar-refractivity contribution in [2.45, 2.75) is 25.0 Å². The molecule has 0 radical (unpaired) electrons. The number of hydrogen-bond donors (Lipinski definition) is 2. The predicted molar refractivity (Wildman–Crippen MR) is 96.5 cm³/mol. The number of halogens is 2. The first-order valence-electron chi connectivity index (χ1n) is 9.29. The molecule has 1 heterocycles. The van der Waals surface area contributed by atoms with Crippen molar-refractivity contribution in [2.24, 2.45) is 11.8 Å². The zero-order valence-electron chi connectivity index (χ0n) is 14.9. The highest BCUT2D eigenvalue weighted by Crippen LogP contribution is 2.40. The van der Waals surface area contributed by atoms with E-state index in [2.05, 4.69) is 4.90 Å². The number of nitrogens with zero attached hydrogens (tertiary/aromatic N) is 1. The van der Waals surface area contributed by atoms with Crippen LogP contribution in [0.15, 0.2) is 42.5 Å². The number of aromatic hydroxyl groups is 1. The predicted octanol–water partition coefficient (Wildman–Crippen LogP) is 3.49. The molecule has 1 saturated carbocycles. The van der Waals surface area contributed by atoms with Gasteiger partial charge in [-0.2, -0.15) is 0 Å². The van der Waals surface area contributed by atoms with Crippen molar-refractivity contribution in [3.8, 4) is 11.5 Å². The van der Waals surface area contributed by atoms with Gasteiger partial charge in [0.1, 0.15) is 5.75 Å². The van der Waals surface area contributed by atoms with Crippen LogP contribution in [0.4, 0.5) is 8.78 Å². The summed E-state index contributed by atoms with van der Waals surface area (Å²) in [6.45, 7) is 2.23. The van der Waals surface area contributed by atoms with Gasteiger partial charge >= 0.3 is 0 Å². The van der Waals surface area contributed by atoms with E-state index >= 15 is 0 Å². The fourth-order valence-corrected chi connectivity index (χ4v) is 4.40. The van der Waals surface area contributed by atoms with Gasteiger partial charge in [0, 0.05) is 19.6 Å². The Morgan fingerprint density at radius 3 is 2.19 bits per heavy atom. The molecular formula is C21H23F2NO3. The minimum absolute atomic E-state index is 0.171. The van der Waals surface area contributed by atoms with E-state index in [1.54, 1.807) is 24.3 Å². The number of phenols is 1. The van der Waals surface area contributed by atoms with Gasteiger partial charge in [-0.15, -0.1) is 0 Å². The molecular weight excluding hydrogens is 352 g/mol. The van der Waals surface area contributed by atoms with Gasteiger partial charge in [-0.05, 0) is 54.5 Å². The van der Waals surface area contributed by atoms with Gasteiger partial charge in [-0.3, -0.25) is 4.90 Å². The Balaban J connectivity index is 1.31. The molecule has 2 aromatic carbocycles. The number of para-hydroxylation sites is 1. The van der Waals surface area contributed by atoms with Crippen LogP contribution >= 0.6 is 0 Å². The summed E-state index contributed by atoms with van der Waals surface area (Å²) in [5.41, 5.74) is 0.779. The van der Waals surface area contributed by atoms with Gasteiger partial charge in [0.05, 0.1) is 12.2 Å². The lowest BCUT2D eigenvalue weighted by Crippen LogP contribution is -2.29. The topological polar surface area (TPSA) is 52.9 Å². The molecule has 6 heteroatoms. The van der Waals surface area contributed by atoms with Crippen LogP contribution in [0.3, 0.4) is 0 Å². The summed E-state index contributed by atoms with van der Waals surface area (Å²) in [5, 5.41) is 19.8. The molecule has 0 bridgehead atoms. The molecule has 2 fully saturated rings. The maximum atomic E-state index is 13.8. The summed E-state index contributed by atoms with van der Waals surface area (Å²) < 4.78 is 33.2. The van der Waals surface area contributed by atoms with Crippen LogP contribution < -0.4 is 4.74 Å². The van der Waals surface area contributed by atoms with Gasteiger partial charge in [-0.25, -0.2) is 8.78 Å². The lowest BCUT2D eigenvalue weighted by molar-refractivity contribution is 0.115. The standard InChI is InChI=1S/C21H23F2NO3/c22-18-2-1-3-19(23)21(18)27-17-8-14-10-24(11-15(14)9-17)12-20(26)13-4-6-16(25)7-5-13/h1-7,14-15,17,20,25-26H,8-12H2/t14-,15+,17-,20?. The third-order valence-corrected chi connectivity index (χ3v) is 5.70. The Hall–Kier alpha value is -2.18. The molecule has 1 unspecified atom stereocenters. The molecule has 0 spiro atoms. The minimum atomic E-state index is -0.661. The SMILES string of the molecule is Oc1ccc(C(O)CN2C[C@H]3C[C@@H](Oc4c(F)cccc4F)C[C@H]3C2)cc1. The Morgan fingerprint density at radius 2 is 1.59 bits per heavy atom. The molecule has 4 atom stereocenters. The highest BCUT2D eigenvalue weighted by Gasteiger charge is 2.42. The minimum Gasteiger partial charge on any atom is -0.508 e. The number of ether oxygens (including phenoxy) is 1. The maximum absolute atomic E-state index is 13.8. The number of fused-ring (bicyclic) bond motifs is 1. The monoisotopic (exact) mass is 375 g/mol. The van der Waals surface area contributed by atoms with Gasteiger partial charge in [0.25, 0.3) is 0 Å². The van der Waals surface area contributed by atoms with Gasteiger partial charge in [0.15, 0.2) is 17.4 Å². The van der Waals surface area contributed by atoms with Gasteiger partial charge in [-0.1, -0.05) is 18.2 Å². The highest BCUT2D eigenvalue weighted by molar-refractivity contribution is 5.28. The first kappa shape index (κ1) is 18.2. The van der Waals surface area contributed by atoms with Crippen molar-refractivity contribution >= 4 is 0 Å². The Morgan fingerprint density at radius 1 is 1.00 bits per heavy atom. The first-order valence-corrected chi connectivity index (χ1v) is 9.29. The second-order valence-corrected chi connectivity index (χ2v) is 7.61. The summed E-state index contributed by atoms with van der Waals surface area (Å²) in [7, 11) is 0. The summed E-state index contributed by atoms with van der Waals surface area (Å²) in [6.07, 6.45) is 0.758. The van der Waals surface area contributed by atoms with Crippen LogP contribution in [-0.2, 0) is 0 Å². The van der Waals surface area contributed by atoms with Crippen molar-refractivity contribution in [3.63, 3.8) is 0 Å². The smallest absolute Gasteiger partial charge is 0.191 e. The summed E-state index contributed by atoms with van der Waals surface area (Å²) in [4.78, 5) is 2.23. The van der Waals surface area contributed by atoms with E-state index in [0.29, 0.717) is 18.4 Å². The molecule has 1 aliphatic carbocycles. The summed E-state index contributed by atoms with van der Waals surface area (Å²) in [5.74, 6) is -0.591. The summed E-state index contributed by atoms with van der Waals surface area (Å²) >= 11 is 0.